The van der Waals surface area contributed by atoms with Crippen LogP contribution in [0.2, 0.25) is 0 Å². The molecule has 1 aromatic heterocycles. The molecule has 1 atom stereocenters. The summed E-state index contributed by atoms with van der Waals surface area (Å²) in [6.45, 7) is 1.95. The highest BCUT2D eigenvalue weighted by molar-refractivity contribution is 9.10. The van der Waals surface area contributed by atoms with Crippen molar-refractivity contribution in [1.82, 2.24) is 9.97 Å². The van der Waals surface area contributed by atoms with E-state index in [1.54, 1.807) is 13.0 Å². The number of halogens is 1. The first-order valence-electron chi connectivity index (χ1n) is 10.1. The number of carbonyl (C=O) groups is 1. The summed E-state index contributed by atoms with van der Waals surface area (Å²) in [7, 11) is 0. The fourth-order valence-corrected chi connectivity index (χ4v) is 4.49. The summed E-state index contributed by atoms with van der Waals surface area (Å²) in [4.78, 5) is 22.6. The molecule has 5 rings (SSSR count). The van der Waals surface area contributed by atoms with Crippen molar-refractivity contribution in [2.24, 2.45) is 5.73 Å². The van der Waals surface area contributed by atoms with Crippen molar-refractivity contribution >= 4 is 49.7 Å². The number of nitrogens with two attached hydrogens (primary N) is 2. The van der Waals surface area contributed by atoms with Gasteiger partial charge in [-0.15, -0.1) is 0 Å². The number of rotatable bonds is 3. The van der Waals surface area contributed by atoms with E-state index in [4.69, 9.17) is 30.9 Å². The number of para-hydroxylation sites is 2. The molecule has 160 valence electrons. The number of fused-ring (bicyclic) bond motifs is 4. The van der Waals surface area contributed by atoms with Crippen LogP contribution < -0.4 is 16.2 Å². The Bertz CT molecular complexity index is 1430. The first kappa shape index (κ1) is 20.3. The van der Waals surface area contributed by atoms with E-state index in [0.717, 1.165) is 21.1 Å². The van der Waals surface area contributed by atoms with Crippen LogP contribution in [0.15, 0.2) is 70.5 Å². The molecule has 8 heteroatoms. The van der Waals surface area contributed by atoms with Crippen molar-refractivity contribution in [3.8, 4) is 5.75 Å². The summed E-state index contributed by atoms with van der Waals surface area (Å²) in [6.07, 6.45) is 0. The number of nitrogens with zero attached hydrogens (tertiary/aromatic N) is 2. The summed E-state index contributed by atoms with van der Waals surface area (Å²) in [6, 6.07) is 16.9. The maximum absolute atomic E-state index is 13.0. The highest BCUT2D eigenvalue weighted by atomic mass is 79.9. The Labute approximate surface area is 192 Å². The normalized spacial score (nSPS) is 15.5. The molecule has 1 aliphatic heterocycles. The van der Waals surface area contributed by atoms with Crippen LogP contribution in [0.1, 0.15) is 24.0 Å². The van der Waals surface area contributed by atoms with Crippen LogP contribution in [-0.2, 0) is 9.53 Å². The van der Waals surface area contributed by atoms with Crippen LogP contribution in [0.4, 0.5) is 5.69 Å². The van der Waals surface area contributed by atoms with Crippen molar-refractivity contribution in [3.63, 3.8) is 0 Å². The Morgan fingerprint density at radius 2 is 1.81 bits per heavy atom. The van der Waals surface area contributed by atoms with Gasteiger partial charge in [0.25, 0.3) is 0 Å². The fourth-order valence-electron chi connectivity index (χ4n) is 4.07. The Kier molecular flexibility index (Phi) is 4.94. The van der Waals surface area contributed by atoms with Crippen molar-refractivity contribution in [3.05, 3.63) is 81.7 Å². The third-order valence-electron chi connectivity index (χ3n) is 5.38. The Hall–Kier alpha value is -3.65. The summed E-state index contributed by atoms with van der Waals surface area (Å²) in [5.41, 5.74) is 17.3. The van der Waals surface area contributed by atoms with Gasteiger partial charge >= 0.3 is 5.97 Å². The average molecular weight is 491 g/mol. The molecule has 0 saturated carbocycles. The maximum atomic E-state index is 13.0. The minimum absolute atomic E-state index is 0.0410. The number of aromatic nitrogens is 2. The molecule has 3 aromatic carbocycles. The smallest absolute Gasteiger partial charge is 0.340 e. The van der Waals surface area contributed by atoms with Crippen LogP contribution in [0.3, 0.4) is 0 Å². The summed E-state index contributed by atoms with van der Waals surface area (Å²) in [5, 5.41) is 0. The lowest BCUT2D eigenvalue weighted by Crippen LogP contribution is -2.28. The van der Waals surface area contributed by atoms with Gasteiger partial charge in [0.05, 0.1) is 40.3 Å². The van der Waals surface area contributed by atoms with Gasteiger partial charge in [-0.05, 0) is 42.8 Å². The molecule has 4 aromatic rings. The SMILES string of the molecule is CCOC(=O)C1=C(N)Oc2c(N)cc3nc4ccccc4nc3c2C1c1cccc(Br)c1. The molecule has 0 bridgehead atoms. The second-order valence-electron chi connectivity index (χ2n) is 7.38. The van der Waals surface area contributed by atoms with Crippen molar-refractivity contribution in [2.75, 3.05) is 12.3 Å². The van der Waals surface area contributed by atoms with Gasteiger partial charge in [0.1, 0.15) is 5.57 Å². The molecular formula is C24H19BrN4O3. The lowest BCUT2D eigenvalue weighted by atomic mass is 9.82. The highest BCUT2D eigenvalue weighted by Crippen LogP contribution is 2.48. The van der Waals surface area contributed by atoms with Crippen molar-refractivity contribution < 1.29 is 14.3 Å². The van der Waals surface area contributed by atoms with Crippen LogP contribution in [0.5, 0.6) is 5.75 Å². The number of carbonyl (C=O) groups excluding carboxylic acids is 1. The van der Waals surface area contributed by atoms with Crippen LogP contribution in [0, 0.1) is 0 Å². The zero-order chi connectivity index (χ0) is 22.4. The third-order valence-corrected chi connectivity index (χ3v) is 5.88. The van der Waals surface area contributed by atoms with E-state index in [-0.39, 0.29) is 18.1 Å². The van der Waals surface area contributed by atoms with Gasteiger partial charge in [-0.25, -0.2) is 14.8 Å². The Morgan fingerprint density at radius 1 is 1.06 bits per heavy atom. The van der Waals surface area contributed by atoms with E-state index >= 15 is 0 Å². The second kappa shape index (κ2) is 7.80. The number of nitrogen functional groups attached to an aromatic ring is 1. The van der Waals surface area contributed by atoms with E-state index in [2.05, 4.69) is 15.9 Å². The monoisotopic (exact) mass is 490 g/mol. The summed E-state index contributed by atoms with van der Waals surface area (Å²) >= 11 is 3.52. The molecule has 0 saturated heterocycles. The molecule has 32 heavy (non-hydrogen) atoms. The van der Waals surface area contributed by atoms with Gasteiger partial charge < -0.3 is 20.9 Å². The predicted octanol–water partition coefficient (Wildman–Crippen LogP) is 4.39. The molecule has 0 aliphatic carbocycles. The highest BCUT2D eigenvalue weighted by Gasteiger charge is 2.38. The van der Waals surface area contributed by atoms with E-state index in [1.807, 2.05) is 48.5 Å². The van der Waals surface area contributed by atoms with E-state index in [0.29, 0.717) is 28.0 Å². The summed E-state index contributed by atoms with van der Waals surface area (Å²) in [5.74, 6) is -0.819. The molecular weight excluding hydrogens is 472 g/mol. The average Bonchev–Trinajstić information content (AvgIpc) is 2.77. The number of hydrogen-bond donors (Lipinski definition) is 2. The second-order valence-corrected chi connectivity index (χ2v) is 8.29. The molecule has 1 aliphatic rings. The zero-order valence-corrected chi connectivity index (χ0v) is 18.7. The van der Waals surface area contributed by atoms with Crippen LogP contribution in [-0.4, -0.2) is 22.5 Å². The molecule has 4 N–H and O–H groups in total. The molecule has 0 amide bonds. The number of esters is 1. The lowest BCUT2D eigenvalue weighted by molar-refractivity contribution is -0.139. The van der Waals surface area contributed by atoms with Crippen LogP contribution in [0.25, 0.3) is 22.1 Å². The molecule has 1 unspecified atom stereocenters. The van der Waals surface area contributed by atoms with Gasteiger partial charge in [0, 0.05) is 10.0 Å². The number of ether oxygens (including phenoxy) is 2. The molecule has 0 fully saturated rings. The summed E-state index contributed by atoms with van der Waals surface area (Å²) < 4.78 is 12.1. The third kappa shape index (κ3) is 3.23. The molecule has 2 heterocycles. The van der Waals surface area contributed by atoms with Crippen molar-refractivity contribution in [1.29, 1.82) is 0 Å². The van der Waals surface area contributed by atoms with Gasteiger partial charge in [-0.1, -0.05) is 40.2 Å². The minimum atomic E-state index is -0.600. The molecule has 0 spiro atoms. The molecule has 7 nitrogen and oxygen atoms in total. The first-order valence-corrected chi connectivity index (χ1v) is 10.9. The van der Waals surface area contributed by atoms with Gasteiger partial charge in [0.2, 0.25) is 5.88 Å². The minimum Gasteiger partial charge on any atom is -0.462 e. The zero-order valence-electron chi connectivity index (χ0n) is 17.1. The van der Waals surface area contributed by atoms with Gasteiger partial charge in [0.15, 0.2) is 5.75 Å². The van der Waals surface area contributed by atoms with E-state index < -0.39 is 11.9 Å². The Morgan fingerprint density at radius 3 is 2.53 bits per heavy atom. The van der Waals surface area contributed by atoms with Crippen molar-refractivity contribution in [2.45, 2.75) is 12.8 Å². The Balaban J connectivity index is 1.88. The van der Waals surface area contributed by atoms with E-state index in [1.165, 1.54) is 0 Å². The number of anilines is 1. The molecule has 0 radical (unpaired) electrons. The standard InChI is InChI=1S/C24H19BrN4O3/c1-2-31-24(30)20-18(12-6-5-7-13(25)10-12)19-21-17(11-14(26)22(19)32-23(20)27)28-15-8-3-4-9-16(15)29-21/h3-11,18H,2,26-27H2,1H3. The number of hydrogen-bond acceptors (Lipinski definition) is 7. The van der Waals surface area contributed by atoms with Gasteiger partial charge in [-0.2, -0.15) is 0 Å². The quantitative estimate of drug-likeness (QED) is 0.248. The predicted molar refractivity (Wildman–Crippen MR) is 126 cm³/mol. The van der Waals surface area contributed by atoms with E-state index in [9.17, 15) is 4.79 Å². The maximum Gasteiger partial charge on any atom is 0.340 e. The fraction of sp³-hybridized carbons (Fsp3) is 0.125. The first-order chi connectivity index (χ1) is 15.5. The number of benzene rings is 3. The topological polar surface area (TPSA) is 113 Å². The lowest BCUT2D eigenvalue weighted by Gasteiger charge is -2.30. The largest absolute Gasteiger partial charge is 0.462 e. The van der Waals surface area contributed by atoms with Crippen LogP contribution >= 0.6 is 15.9 Å². The van der Waals surface area contributed by atoms with Gasteiger partial charge in [-0.3, -0.25) is 0 Å².